The summed E-state index contributed by atoms with van der Waals surface area (Å²) in [6.45, 7) is 2.80. The highest BCUT2D eigenvalue weighted by molar-refractivity contribution is 5.98. The molecule has 1 aromatic carbocycles. The summed E-state index contributed by atoms with van der Waals surface area (Å²) < 4.78 is 5.54. The van der Waals surface area contributed by atoms with Crippen molar-refractivity contribution in [2.75, 3.05) is 18.9 Å². The SMILES string of the molecule is Cc1cccc(OCCNC(=O)c2cccnc2N)c1. The number of carbonyl (C=O) groups excluding carboxylic acids is 1. The zero-order valence-electron chi connectivity index (χ0n) is 11.3. The molecule has 1 heterocycles. The summed E-state index contributed by atoms with van der Waals surface area (Å²) in [5, 5.41) is 2.74. The van der Waals surface area contributed by atoms with Gasteiger partial charge >= 0.3 is 0 Å². The lowest BCUT2D eigenvalue weighted by molar-refractivity contribution is 0.0947. The molecule has 0 bridgehead atoms. The molecule has 0 aliphatic heterocycles. The van der Waals surface area contributed by atoms with Crippen molar-refractivity contribution in [3.63, 3.8) is 0 Å². The topological polar surface area (TPSA) is 77.2 Å². The number of pyridine rings is 1. The van der Waals surface area contributed by atoms with E-state index < -0.39 is 0 Å². The van der Waals surface area contributed by atoms with Crippen LogP contribution >= 0.6 is 0 Å². The fourth-order valence-corrected chi connectivity index (χ4v) is 1.74. The molecule has 20 heavy (non-hydrogen) atoms. The maximum Gasteiger partial charge on any atom is 0.255 e. The van der Waals surface area contributed by atoms with Crippen molar-refractivity contribution in [3.05, 3.63) is 53.7 Å². The molecule has 104 valence electrons. The van der Waals surface area contributed by atoms with Crippen LogP contribution in [-0.4, -0.2) is 24.0 Å². The summed E-state index contributed by atoms with van der Waals surface area (Å²) in [4.78, 5) is 15.7. The number of hydrogen-bond acceptors (Lipinski definition) is 4. The Morgan fingerprint density at radius 3 is 2.95 bits per heavy atom. The summed E-state index contributed by atoms with van der Waals surface area (Å²) in [7, 11) is 0. The molecule has 0 spiro atoms. The Balaban J connectivity index is 1.79. The van der Waals surface area contributed by atoms with Gasteiger partial charge in [0.1, 0.15) is 18.2 Å². The smallest absolute Gasteiger partial charge is 0.255 e. The van der Waals surface area contributed by atoms with E-state index in [9.17, 15) is 4.79 Å². The van der Waals surface area contributed by atoms with Crippen LogP contribution in [0.1, 0.15) is 15.9 Å². The maximum atomic E-state index is 11.8. The Morgan fingerprint density at radius 1 is 1.35 bits per heavy atom. The van der Waals surface area contributed by atoms with E-state index in [2.05, 4.69) is 10.3 Å². The number of nitrogens with two attached hydrogens (primary N) is 1. The molecule has 1 aromatic heterocycles. The van der Waals surface area contributed by atoms with Crippen LogP contribution in [0.25, 0.3) is 0 Å². The van der Waals surface area contributed by atoms with Crippen molar-refractivity contribution in [3.8, 4) is 5.75 Å². The Morgan fingerprint density at radius 2 is 2.20 bits per heavy atom. The normalized spacial score (nSPS) is 10.1. The summed E-state index contributed by atoms with van der Waals surface area (Å²) in [6.07, 6.45) is 1.55. The van der Waals surface area contributed by atoms with Gasteiger partial charge < -0.3 is 15.8 Å². The van der Waals surface area contributed by atoms with Crippen LogP contribution in [0.4, 0.5) is 5.82 Å². The van der Waals surface area contributed by atoms with Gasteiger partial charge in [-0.05, 0) is 36.8 Å². The van der Waals surface area contributed by atoms with Crippen molar-refractivity contribution in [2.24, 2.45) is 0 Å². The Bertz CT molecular complexity index is 599. The first-order chi connectivity index (χ1) is 9.66. The minimum Gasteiger partial charge on any atom is -0.492 e. The number of hydrogen-bond donors (Lipinski definition) is 2. The van der Waals surface area contributed by atoms with Gasteiger partial charge in [-0.1, -0.05) is 12.1 Å². The van der Waals surface area contributed by atoms with E-state index in [1.807, 2.05) is 31.2 Å². The minimum absolute atomic E-state index is 0.226. The molecule has 0 saturated heterocycles. The average molecular weight is 271 g/mol. The first kappa shape index (κ1) is 13.9. The summed E-state index contributed by atoms with van der Waals surface area (Å²) in [5.74, 6) is 0.771. The highest BCUT2D eigenvalue weighted by atomic mass is 16.5. The molecule has 5 heteroatoms. The second-order valence-electron chi connectivity index (χ2n) is 4.36. The zero-order valence-corrected chi connectivity index (χ0v) is 11.3. The van der Waals surface area contributed by atoms with E-state index in [0.717, 1.165) is 11.3 Å². The predicted molar refractivity (Wildman–Crippen MR) is 77.7 cm³/mol. The van der Waals surface area contributed by atoms with Crippen LogP contribution in [0.3, 0.4) is 0 Å². The second kappa shape index (κ2) is 6.56. The van der Waals surface area contributed by atoms with Crippen molar-refractivity contribution >= 4 is 11.7 Å². The summed E-state index contributed by atoms with van der Waals surface area (Å²) >= 11 is 0. The van der Waals surface area contributed by atoms with Crippen LogP contribution in [0.2, 0.25) is 0 Å². The third-order valence-electron chi connectivity index (χ3n) is 2.73. The highest BCUT2D eigenvalue weighted by Gasteiger charge is 2.08. The number of carbonyl (C=O) groups is 1. The largest absolute Gasteiger partial charge is 0.492 e. The van der Waals surface area contributed by atoms with Gasteiger partial charge in [0.25, 0.3) is 5.91 Å². The van der Waals surface area contributed by atoms with Crippen molar-refractivity contribution in [1.29, 1.82) is 0 Å². The first-order valence-corrected chi connectivity index (χ1v) is 6.35. The molecule has 3 N–H and O–H groups in total. The maximum absolute atomic E-state index is 11.8. The van der Waals surface area contributed by atoms with E-state index in [-0.39, 0.29) is 11.7 Å². The second-order valence-corrected chi connectivity index (χ2v) is 4.36. The van der Waals surface area contributed by atoms with Crippen LogP contribution in [-0.2, 0) is 0 Å². The molecule has 0 aliphatic rings. The molecule has 1 amide bonds. The van der Waals surface area contributed by atoms with Gasteiger partial charge in [0.2, 0.25) is 0 Å². The van der Waals surface area contributed by atoms with Crippen LogP contribution < -0.4 is 15.8 Å². The molecule has 0 saturated carbocycles. The molecular weight excluding hydrogens is 254 g/mol. The average Bonchev–Trinajstić information content (AvgIpc) is 2.44. The van der Waals surface area contributed by atoms with E-state index in [0.29, 0.717) is 18.7 Å². The quantitative estimate of drug-likeness (QED) is 0.813. The van der Waals surface area contributed by atoms with E-state index in [1.165, 1.54) is 0 Å². The molecule has 2 rings (SSSR count). The van der Waals surface area contributed by atoms with E-state index in [1.54, 1.807) is 18.3 Å². The lowest BCUT2D eigenvalue weighted by Crippen LogP contribution is -2.28. The van der Waals surface area contributed by atoms with Crippen LogP contribution in [0, 0.1) is 6.92 Å². The van der Waals surface area contributed by atoms with Crippen LogP contribution in [0.5, 0.6) is 5.75 Å². The minimum atomic E-state index is -0.247. The van der Waals surface area contributed by atoms with E-state index >= 15 is 0 Å². The number of aryl methyl sites for hydroxylation is 1. The molecule has 2 aromatic rings. The number of nitrogen functional groups attached to an aromatic ring is 1. The summed E-state index contributed by atoms with van der Waals surface area (Å²) in [5.41, 5.74) is 7.14. The van der Waals surface area contributed by atoms with Crippen molar-refractivity contribution < 1.29 is 9.53 Å². The number of nitrogens with one attached hydrogen (secondary N) is 1. The molecule has 5 nitrogen and oxygen atoms in total. The number of nitrogens with zero attached hydrogens (tertiary/aromatic N) is 1. The number of amides is 1. The lowest BCUT2D eigenvalue weighted by atomic mass is 10.2. The van der Waals surface area contributed by atoms with Crippen LogP contribution in [0.15, 0.2) is 42.6 Å². The first-order valence-electron chi connectivity index (χ1n) is 6.35. The van der Waals surface area contributed by atoms with Crippen molar-refractivity contribution in [2.45, 2.75) is 6.92 Å². The summed E-state index contributed by atoms with van der Waals surface area (Å²) in [6, 6.07) is 11.1. The molecule has 0 atom stereocenters. The van der Waals surface area contributed by atoms with Gasteiger partial charge in [-0.15, -0.1) is 0 Å². The van der Waals surface area contributed by atoms with Gasteiger partial charge in [0.05, 0.1) is 12.1 Å². The molecule has 0 aliphatic carbocycles. The van der Waals surface area contributed by atoms with Crippen molar-refractivity contribution in [1.82, 2.24) is 10.3 Å². The Kier molecular flexibility index (Phi) is 4.55. The monoisotopic (exact) mass is 271 g/mol. The fraction of sp³-hybridized carbons (Fsp3) is 0.200. The van der Waals surface area contributed by atoms with Gasteiger partial charge in [0, 0.05) is 6.20 Å². The number of anilines is 1. The van der Waals surface area contributed by atoms with E-state index in [4.69, 9.17) is 10.5 Å². The number of ether oxygens (including phenoxy) is 1. The predicted octanol–water partition coefficient (Wildman–Crippen LogP) is 1.78. The highest BCUT2D eigenvalue weighted by Crippen LogP contribution is 2.11. The Hall–Kier alpha value is -2.56. The lowest BCUT2D eigenvalue weighted by Gasteiger charge is -2.09. The standard InChI is InChI=1S/C15H17N3O2/c1-11-4-2-5-12(10-11)20-9-8-18-15(19)13-6-3-7-17-14(13)16/h2-7,10H,8-9H2,1H3,(H2,16,17)(H,18,19). The third-order valence-corrected chi connectivity index (χ3v) is 2.73. The number of aromatic nitrogens is 1. The third kappa shape index (κ3) is 3.71. The Labute approximate surface area is 117 Å². The van der Waals surface area contributed by atoms with Gasteiger partial charge in [-0.3, -0.25) is 4.79 Å². The molecule has 0 fully saturated rings. The fourth-order valence-electron chi connectivity index (χ4n) is 1.74. The zero-order chi connectivity index (χ0) is 14.4. The molecular formula is C15H17N3O2. The van der Waals surface area contributed by atoms with Gasteiger partial charge in [-0.25, -0.2) is 4.98 Å². The number of rotatable bonds is 5. The van der Waals surface area contributed by atoms with Gasteiger partial charge in [0.15, 0.2) is 0 Å². The van der Waals surface area contributed by atoms with Gasteiger partial charge in [-0.2, -0.15) is 0 Å². The number of benzene rings is 1. The molecule has 0 unspecified atom stereocenters. The molecule has 0 radical (unpaired) electrons.